The Hall–Kier alpha value is -3.95. The minimum absolute atomic E-state index is 0.153. The van der Waals surface area contributed by atoms with Gasteiger partial charge in [-0.25, -0.2) is 9.37 Å². The molecule has 10 heteroatoms. The van der Waals surface area contributed by atoms with E-state index in [9.17, 15) is 19.1 Å². The van der Waals surface area contributed by atoms with E-state index in [-0.39, 0.29) is 22.2 Å². The molecule has 0 unspecified atom stereocenters. The Morgan fingerprint density at radius 1 is 1.08 bits per heavy atom. The first-order chi connectivity index (χ1) is 17.3. The van der Waals surface area contributed by atoms with Gasteiger partial charge in [-0.2, -0.15) is 0 Å². The van der Waals surface area contributed by atoms with Crippen LogP contribution in [0.25, 0.3) is 16.0 Å². The molecule has 4 aromatic rings. The number of thiazole rings is 1. The quantitative estimate of drug-likeness (QED) is 0.204. The molecule has 1 atom stereocenters. The number of hydrogen-bond acceptors (Lipinski definition) is 7. The Balaban J connectivity index is 1.79. The maximum atomic E-state index is 13.8. The van der Waals surface area contributed by atoms with Crippen molar-refractivity contribution < 1.29 is 28.6 Å². The van der Waals surface area contributed by atoms with Crippen LogP contribution in [0.15, 0.2) is 66.2 Å². The summed E-state index contributed by atoms with van der Waals surface area (Å²) in [7, 11) is 2.90. The lowest BCUT2D eigenvalue weighted by molar-refractivity contribution is -0.132. The molecule has 1 aliphatic rings. The smallest absolute Gasteiger partial charge is 0.301 e. The van der Waals surface area contributed by atoms with Gasteiger partial charge < -0.3 is 14.6 Å². The lowest BCUT2D eigenvalue weighted by Crippen LogP contribution is -2.29. The number of hydrogen-bond donors (Lipinski definition) is 1. The molecule has 1 N–H and O–H groups in total. The Bertz CT molecular complexity index is 1550. The number of benzene rings is 3. The molecule has 1 amide bonds. The van der Waals surface area contributed by atoms with Gasteiger partial charge in [0.05, 0.1) is 30.0 Å². The number of nitrogens with zero attached hydrogens (tertiary/aromatic N) is 2. The molecule has 5 rings (SSSR count). The van der Waals surface area contributed by atoms with Crippen LogP contribution in [-0.2, 0) is 9.59 Å². The summed E-state index contributed by atoms with van der Waals surface area (Å²) in [5.41, 5.74) is 1.01. The minimum atomic E-state index is -1.10. The molecule has 0 radical (unpaired) electrons. The Kier molecular flexibility index (Phi) is 6.11. The number of anilines is 1. The van der Waals surface area contributed by atoms with Gasteiger partial charge in [0.2, 0.25) is 0 Å². The van der Waals surface area contributed by atoms with Crippen molar-refractivity contribution in [2.24, 2.45) is 0 Å². The zero-order valence-corrected chi connectivity index (χ0v) is 20.6. The zero-order valence-electron chi connectivity index (χ0n) is 19.0. The molecule has 0 aliphatic carbocycles. The second-order valence-corrected chi connectivity index (χ2v) is 9.31. The molecule has 1 aromatic heterocycles. The number of methoxy groups -OCH3 is 2. The summed E-state index contributed by atoms with van der Waals surface area (Å²) in [6, 6.07) is 14.2. The molecule has 1 saturated heterocycles. The SMILES string of the molecule is COc1cccc([C@@H]2C(=C(O)c3ccc(Cl)cc3)C(=O)C(=O)N2c2nc3ccc(F)cc3s2)c1OC. The molecule has 182 valence electrons. The van der Waals surface area contributed by atoms with E-state index in [4.69, 9.17) is 21.1 Å². The number of carbonyl (C=O) groups excluding carboxylic acids is 2. The van der Waals surface area contributed by atoms with Crippen LogP contribution in [0, 0.1) is 5.82 Å². The summed E-state index contributed by atoms with van der Waals surface area (Å²) in [6.07, 6.45) is 0. The Morgan fingerprint density at radius 3 is 2.53 bits per heavy atom. The number of aromatic nitrogens is 1. The lowest BCUT2D eigenvalue weighted by Gasteiger charge is -2.25. The number of ether oxygens (including phenoxy) is 2. The van der Waals surface area contributed by atoms with Crippen LogP contribution in [0.4, 0.5) is 9.52 Å². The van der Waals surface area contributed by atoms with Gasteiger partial charge in [0.1, 0.15) is 17.6 Å². The summed E-state index contributed by atoms with van der Waals surface area (Å²) < 4.78 is 25.4. The molecule has 0 bridgehead atoms. The second-order valence-electron chi connectivity index (χ2n) is 7.87. The average Bonchev–Trinajstić information content (AvgIpc) is 3.40. The third-order valence-corrected chi connectivity index (χ3v) is 7.10. The van der Waals surface area contributed by atoms with Gasteiger partial charge in [0, 0.05) is 16.1 Å². The van der Waals surface area contributed by atoms with Gasteiger partial charge in [-0.15, -0.1) is 0 Å². The number of aliphatic hydroxyl groups is 1. The molecular formula is C26H18ClFN2O5S. The highest BCUT2D eigenvalue weighted by molar-refractivity contribution is 7.22. The highest BCUT2D eigenvalue weighted by Gasteiger charge is 2.49. The fraction of sp³-hybridized carbons (Fsp3) is 0.115. The van der Waals surface area contributed by atoms with Gasteiger partial charge >= 0.3 is 5.91 Å². The summed E-state index contributed by atoms with van der Waals surface area (Å²) in [4.78, 5) is 32.5. The topological polar surface area (TPSA) is 89.0 Å². The van der Waals surface area contributed by atoms with Crippen molar-refractivity contribution in [3.05, 3.63) is 88.2 Å². The number of amides is 1. The molecule has 0 saturated carbocycles. The largest absolute Gasteiger partial charge is 0.507 e. The fourth-order valence-corrected chi connectivity index (χ4v) is 5.35. The van der Waals surface area contributed by atoms with Crippen LogP contribution in [0.2, 0.25) is 5.02 Å². The monoisotopic (exact) mass is 524 g/mol. The van der Waals surface area contributed by atoms with E-state index in [0.717, 1.165) is 11.3 Å². The van der Waals surface area contributed by atoms with Crippen molar-refractivity contribution in [2.45, 2.75) is 6.04 Å². The normalized spacial score (nSPS) is 17.1. The van der Waals surface area contributed by atoms with E-state index >= 15 is 0 Å². The Labute approximate surface area is 214 Å². The molecule has 0 spiro atoms. The number of fused-ring (bicyclic) bond motifs is 1. The van der Waals surface area contributed by atoms with E-state index in [0.29, 0.717) is 32.1 Å². The number of para-hydroxylation sites is 1. The maximum Gasteiger partial charge on any atom is 0.301 e. The fourth-order valence-electron chi connectivity index (χ4n) is 4.20. The van der Waals surface area contributed by atoms with Crippen LogP contribution in [0.5, 0.6) is 11.5 Å². The van der Waals surface area contributed by atoms with Crippen LogP contribution in [-0.4, -0.2) is 36.0 Å². The lowest BCUT2D eigenvalue weighted by atomic mass is 9.94. The third-order valence-electron chi connectivity index (χ3n) is 5.84. The zero-order chi connectivity index (χ0) is 25.6. The van der Waals surface area contributed by atoms with Crippen molar-refractivity contribution in [1.29, 1.82) is 0 Å². The first-order valence-corrected chi connectivity index (χ1v) is 11.9. The number of Topliss-reactive ketones (excluding diaryl/α,β-unsaturated/α-hetero) is 1. The van der Waals surface area contributed by atoms with Crippen molar-refractivity contribution in [1.82, 2.24) is 4.98 Å². The van der Waals surface area contributed by atoms with Gasteiger partial charge in [-0.1, -0.05) is 35.1 Å². The molecule has 1 aliphatic heterocycles. The first-order valence-electron chi connectivity index (χ1n) is 10.7. The molecule has 1 fully saturated rings. The summed E-state index contributed by atoms with van der Waals surface area (Å²) in [5, 5.41) is 11.9. The van der Waals surface area contributed by atoms with E-state index in [1.54, 1.807) is 42.5 Å². The van der Waals surface area contributed by atoms with Gasteiger partial charge in [-0.05, 0) is 48.5 Å². The van der Waals surface area contributed by atoms with Crippen molar-refractivity contribution in [3.8, 4) is 11.5 Å². The summed E-state index contributed by atoms with van der Waals surface area (Å²) in [6.45, 7) is 0. The average molecular weight is 525 g/mol. The number of halogens is 2. The van der Waals surface area contributed by atoms with Gasteiger partial charge in [0.25, 0.3) is 5.78 Å². The number of aliphatic hydroxyl groups excluding tert-OH is 1. The first kappa shape index (κ1) is 23.8. The predicted molar refractivity (Wildman–Crippen MR) is 135 cm³/mol. The third kappa shape index (κ3) is 3.86. The molecular weight excluding hydrogens is 507 g/mol. The van der Waals surface area contributed by atoms with Crippen LogP contribution < -0.4 is 14.4 Å². The van der Waals surface area contributed by atoms with Crippen molar-refractivity contribution >= 4 is 55.7 Å². The number of ketones is 1. The number of rotatable bonds is 5. The van der Waals surface area contributed by atoms with Gasteiger partial charge in [0.15, 0.2) is 16.6 Å². The standard InChI is InChI=1S/C26H18ClFN2O5S/c1-34-18-5-3-4-16(24(18)35-2)21-20(22(31)13-6-8-14(27)9-7-13)23(32)25(33)30(21)26-29-17-11-10-15(28)12-19(17)36-26/h3-12,21,31H,1-2H3/t21-/m1/s1. The highest BCUT2D eigenvalue weighted by Crippen LogP contribution is 2.48. The van der Waals surface area contributed by atoms with Crippen LogP contribution in [0.3, 0.4) is 0 Å². The molecule has 3 aromatic carbocycles. The van der Waals surface area contributed by atoms with Crippen LogP contribution >= 0.6 is 22.9 Å². The van der Waals surface area contributed by atoms with E-state index < -0.39 is 23.5 Å². The van der Waals surface area contributed by atoms with Crippen molar-refractivity contribution in [2.75, 3.05) is 19.1 Å². The minimum Gasteiger partial charge on any atom is -0.507 e. The number of carbonyl (C=O) groups is 2. The van der Waals surface area contributed by atoms with Crippen LogP contribution in [0.1, 0.15) is 17.2 Å². The maximum absolute atomic E-state index is 13.8. The second kappa shape index (κ2) is 9.25. The Morgan fingerprint density at radius 2 is 1.83 bits per heavy atom. The predicted octanol–water partition coefficient (Wildman–Crippen LogP) is 5.73. The van der Waals surface area contributed by atoms with Crippen molar-refractivity contribution in [3.63, 3.8) is 0 Å². The summed E-state index contributed by atoms with van der Waals surface area (Å²) in [5.74, 6) is -1.96. The van der Waals surface area contributed by atoms with E-state index in [1.165, 1.54) is 37.3 Å². The van der Waals surface area contributed by atoms with E-state index in [1.807, 2.05) is 0 Å². The van der Waals surface area contributed by atoms with Gasteiger partial charge in [-0.3, -0.25) is 14.5 Å². The highest BCUT2D eigenvalue weighted by atomic mass is 35.5. The molecule has 7 nitrogen and oxygen atoms in total. The van der Waals surface area contributed by atoms with E-state index in [2.05, 4.69) is 4.98 Å². The molecule has 36 heavy (non-hydrogen) atoms. The summed E-state index contributed by atoms with van der Waals surface area (Å²) >= 11 is 7.04. The molecule has 2 heterocycles.